The van der Waals surface area contributed by atoms with Gasteiger partial charge in [-0.25, -0.2) is 32.9 Å². The lowest BCUT2D eigenvalue weighted by molar-refractivity contribution is 0.200. The number of aromatic nitrogens is 4. The van der Waals surface area contributed by atoms with Gasteiger partial charge < -0.3 is 9.80 Å². The highest BCUT2D eigenvalue weighted by atomic mass is 35.5. The summed E-state index contributed by atoms with van der Waals surface area (Å²) in [5, 5.41) is 0.662. The van der Waals surface area contributed by atoms with Crippen molar-refractivity contribution in [3.63, 3.8) is 0 Å². The molecule has 10 nitrogen and oxygen atoms in total. The van der Waals surface area contributed by atoms with Gasteiger partial charge in [-0.2, -0.15) is 0 Å². The lowest BCUT2D eigenvalue weighted by Gasteiger charge is -2.35. The summed E-state index contributed by atoms with van der Waals surface area (Å²) in [6.07, 6.45) is 5.47. The largest absolute Gasteiger partial charge is 0.351 e. The van der Waals surface area contributed by atoms with Crippen LogP contribution in [0.3, 0.4) is 0 Å². The summed E-state index contributed by atoms with van der Waals surface area (Å²) in [7, 11) is -3.69. The fraction of sp³-hybridized carbons (Fsp3) is 0.357. The molecule has 2 aliphatic rings. The molecule has 41 heavy (non-hydrogen) atoms. The van der Waals surface area contributed by atoms with Gasteiger partial charge in [-0.15, -0.1) is 0 Å². The first-order valence-corrected chi connectivity index (χ1v) is 15.9. The third-order valence-electron chi connectivity index (χ3n) is 7.71. The van der Waals surface area contributed by atoms with Crippen LogP contribution in [-0.4, -0.2) is 70.3 Å². The van der Waals surface area contributed by atoms with Crippen LogP contribution in [0.5, 0.6) is 0 Å². The molecule has 6 rings (SSSR count). The molecule has 1 saturated heterocycles. The fourth-order valence-electron chi connectivity index (χ4n) is 5.54. The molecule has 3 heterocycles. The van der Waals surface area contributed by atoms with E-state index in [-0.39, 0.29) is 0 Å². The Bertz CT molecular complexity index is 1680. The lowest BCUT2D eigenvalue weighted by atomic mass is 10.0. The molecular weight excluding hydrogens is 585 g/mol. The second kappa shape index (κ2) is 11.5. The molecule has 13 heteroatoms. The second-order valence-corrected chi connectivity index (χ2v) is 13.1. The first-order chi connectivity index (χ1) is 19.8. The van der Waals surface area contributed by atoms with E-state index in [9.17, 15) is 13.2 Å². The van der Waals surface area contributed by atoms with E-state index in [1.54, 1.807) is 12.1 Å². The monoisotopic (exact) mass is 613 g/mol. The van der Waals surface area contributed by atoms with Gasteiger partial charge in [-0.1, -0.05) is 54.6 Å². The molecule has 0 spiro atoms. The number of sulfonamides is 1. The van der Waals surface area contributed by atoms with Crippen molar-refractivity contribution in [3.05, 3.63) is 64.9 Å². The predicted octanol–water partition coefficient (Wildman–Crippen LogP) is 5.28. The molecule has 2 amide bonds. The van der Waals surface area contributed by atoms with Gasteiger partial charge in [0.2, 0.25) is 10.0 Å². The second-order valence-electron chi connectivity index (χ2n) is 10.3. The number of halogens is 2. The Morgan fingerprint density at radius 1 is 0.902 bits per heavy atom. The Kier molecular flexibility index (Phi) is 7.76. The molecule has 2 aromatic carbocycles. The Balaban J connectivity index is 1.28. The van der Waals surface area contributed by atoms with Crippen molar-refractivity contribution in [3.8, 4) is 17.1 Å². The van der Waals surface area contributed by atoms with E-state index in [4.69, 9.17) is 28.2 Å². The molecule has 0 radical (unpaired) electrons. The number of rotatable bonds is 5. The van der Waals surface area contributed by atoms with Gasteiger partial charge in [0.05, 0.1) is 10.3 Å². The van der Waals surface area contributed by atoms with Crippen LogP contribution in [0, 0.1) is 0 Å². The Labute approximate surface area is 248 Å². The van der Waals surface area contributed by atoms with Crippen molar-refractivity contribution >= 4 is 56.2 Å². The minimum atomic E-state index is -3.69. The van der Waals surface area contributed by atoms with E-state index >= 15 is 0 Å². The highest BCUT2D eigenvalue weighted by Gasteiger charge is 2.32. The van der Waals surface area contributed by atoms with Gasteiger partial charge in [-0.3, -0.25) is 4.57 Å². The third kappa shape index (κ3) is 5.58. The average molecular weight is 615 g/mol. The van der Waals surface area contributed by atoms with Crippen molar-refractivity contribution < 1.29 is 13.2 Å². The maximum atomic E-state index is 12.9. The maximum Gasteiger partial charge on any atom is 0.331 e. The van der Waals surface area contributed by atoms with E-state index in [1.807, 2.05) is 45.9 Å². The standard InChI is InChI=1S/C28H29Cl2N7O3S/c29-19-10-12-20(13-11-19)37-25(22-8-4-5-9-23(22)30)33-24-26(31-18-32-27(24)37)35-14-16-36(17-15-35)28(38)34-41(39,40)21-6-2-1-3-7-21/h4-5,8-13,18,21H,1-3,6-7,14-17H2,(H,34,38). The smallest absolute Gasteiger partial charge is 0.331 e. The van der Waals surface area contributed by atoms with Crippen molar-refractivity contribution in [1.82, 2.24) is 29.1 Å². The summed E-state index contributed by atoms with van der Waals surface area (Å²) in [5.74, 6) is 1.24. The van der Waals surface area contributed by atoms with E-state index in [0.717, 1.165) is 30.5 Å². The number of hydrogen-bond acceptors (Lipinski definition) is 7. The van der Waals surface area contributed by atoms with Crippen LogP contribution in [0.15, 0.2) is 54.9 Å². The van der Waals surface area contributed by atoms with Crippen LogP contribution in [0.2, 0.25) is 10.0 Å². The number of nitrogens with one attached hydrogen (secondary N) is 1. The zero-order chi connectivity index (χ0) is 28.6. The molecule has 2 aromatic heterocycles. The number of nitrogens with zero attached hydrogens (tertiary/aromatic N) is 6. The number of urea groups is 1. The molecule has 0 bridgehead atoms. The Morgan fingerprint density at radius 2 is 1.61 bits per heavy atom. The van der Waals surface area contributed by atoms with Crippen molar-refractivity contribution in [1.29, 1.82) is 0 Å². The molecule has 4 aromatic rings. The molecule has 1 saturated carbocycles. The molecule has 0 atom stereocenters. The molecule has 214 valence electrons. The summed E-state index contributed by atoms with van der Waals surface area (Å²) in [5.41, 5.74) is 2.76. The average Bonchev–Trinajstić information content (AvgIpc) is 3.38. The number of fused-ring (bicyclic) bond motifs is 1. The highest BCUT2D eigenvalue weighted by Crippen LogP contribution is 2.35. The maximum absolute atomic E-state index is 12.9. The van der Waals surface area contributed by atoms with E-state index in [1.165, 1.54) is 11.2 Å². The van der Waals surface area contributed by atoms with Crippen molar-refractivity contribution in [2.24, 2.45) is 0 Å². The number of carbonyl (C=O) groups is 1. The predicted molar refractivity (Wildman–Crippen MR) is 160 cm³/mol. The number of hydrogen-bond donors (Lipinski definition) is 1. The lowest BCUT2D eigenvalue weighted by Crippen LogP contribution is -2.54. The van der Waals surface area contributed by atoms with Crippen molar-refractivity contribution in [2.45, 2.75) is 37.4 Å². The summed E-state index contributed by atoms with van der Waals surface area (Å²) in [6.45, 7) is 1.59. The quantitative estimate of drug-likeness (QED) is 0.325. The number of anilines is 1. The molecular formula is C28H29Cl2N7O3S. The highest BCUT2D eigenvalue weighted by molar-refractivity contribution is 7.90. The van der Waals surface area contributed by atoms with Gasteiger partial charge in [0, 0.05) is 42.5 Å². The van der Waals surface area contributed by atoms with Gasteiger partial charge >= 0.3 is 6.03 Å². The van der Waals surface area contributed by atoms with E-state index in [2.05, 4.69) is 14.7 Å². The van der Waals surface area contributed by atoms with Crippen LogP contribution >= 0.6 is 23.2 Å². The Hall–Kier alpha value is -3.41. The summed E-state index contributed by atoms with van der Waals surface area (Å²) in [4.78, 5) is 30.6. The normalized spacial score (nSPS) is 16.7. The fourth-order valence-corrected chi connectivity index (χ4v) is 7.38. The van der Waals surface area contributed by atoms with Gasteiger partial charge in [-0.05, 0) is 49.2 Å². The number of piperazine rings is 1. The summed E-state index contributed by atoms with van der Waals surface area (Å²) >= 11 is 12.8. The van der Waals surface area contributed by atoms with Crippen LogP contribution < -0.4 is 9.62 Å². The number of carbonyl (C=O) groups excluding carboxylic acids is 1. The summed E-state index contributed by atoms with van der Waals surface area (Å²) in [6, 6.07) is 14.3. The van der Waals surface area contributed by atoms with Crippen LogP contribution in [0.1, 0.15) is 32.1 Å². The number of benzene rings is 2. The minimum absolute atomic E-state index is 0.340. The van der Waals surface area contributed by atoms with Gasteiger partial charge in [0.1, 0.15) is 12.2 Å². The first kappa shape index (κ1) is 27.7. The SMILES string of the molecule is O=C(NS(=O)(=O)C1CCCCC1)N1CCN(c2ncnc3c2nc(-c2ccccc2Cl)n3-c2ccc(Cl)cc2)CC1. The molecule has 2 fully saturated rings. The molecule has 0 unspecified atom stereocenters. The van der Waals surface area contributed by atoms with Gasteiger partial charge in [0.25, 0.3) is 0 Å². The number of amides is 2. The Morgan fingerprint density at radius 3 is 2.32 bits per heavy atom. The first-order valence-electron chi connectivity index (χ1n) is 13.6. The van der Waals surface area contributed by atoms with Gasteiger partial charge in [0.15, 0.2) is 17.0 Å². The molecule has 1 aliphatic carbocycles. The minimum Gasteiger partial charge on any atom is -0.351 e. The third-order valence-corrected chi connectivity index (χ3v) is 10.1. The van der Waals surface area contributed by atoms with Crippen molar-refractivity contribution in [2.75, 3.05) is 31.1 Å². The molecule has 1 N–H and O–H groups in total. The zero-order valence-electron chi connectivity index (χ0n) is 22.2. The van der Waals surface area contributed by atoms with Crippen LogP contribution in [-0.2, 0) is 10.0 Å². The number of imidazole rings is 1. The van der Waals surface area contributed by atoms with Crippen LogP contribution in [0.4, 0.5) is 10.6 Å². The van der Waals surface area contributed by atoms with E-state index in [0.29, 0.717) is 71.9 Å². The topological polar surface area (TPSA) is 113 Å². The van der Waals surface area contributed by atoms with Crippen LogP contribution in [0.25, 0.3) is 28.2 Å². The molecule has 1 aliphatic heterocycles. The van der Waals surface area contributed by atoms with E-state index < -0.39 is 21.3 Å². The zero-order valence-corrected chi connectivity index (χ0v) is 24.5. The summed E-state index contributed by atoms with van der Waals surface area (Å²) < 4.78 is 29.8.